The predicted molar refractivity (Wildman–Crippen MR) is 149 cm³/mol. The summed E-state index contributed by atoms with van der Waals surface area (Å²) in [4.78, 5) is 36.5. The lowest BCUT2D eigenvalue weighted by atomic mass is 9.96. The number of aryl methyl sites for hydroxylation is 1. The van der Waals surface area contributed by atoms with Gasteiger partial charge >= 0.3 is 5.97 Å². The number of fused-ring (bicyclic) bond motifs is 1. The first-order valence-electron chi connectivity index (χ1n) is 12.2. The van der Waals surface area contributed by atoms with E-state index in [0.717, 1.165) is 28.2 Å². The molecule has 194 valence electrons. The van der Waals surface area contributed by atoms with Gasteiger partial charge in [-0.25, -0.2) is 9.79 Å². The highest BCUT2D eigenvalue weighted by Crippen LogP contribution is 2.31. The lowest BCUT2D eigenvalue weighted by Crippen LogP contribution is -2.40. The molecule has 0 fully saturated rings. The predicted octanol–water partition coefficient (Wildman–Crippen LogP) is 4.64. The molecule has 4 heterocycles. The van der Waals surface area contributed by atoms with E-state index in [-0.39, 0.29) is 11.7 Å². The van der Waals surface area contributed by atoms with Crippen LogP contribution in [0.5, 0.6) is 0 Å². The number of thiazole rings is 1. The highest BCUT2D eigenvalue weighted by atomic mass is 35.5. The van der Waals surface area contributed by atoms with Crippen LogP contribution in [0.2, 0.25) is 5.02 Å². The molecule has 1 atom stereocenters. The van der Waals surface area contributed by atoms with Gasteiger partial charge in [0.1, 0.15) is 0 Å². The van der Waals surface area contributed by atoms with Gasteiger partial charge in [0.15, 0.2) is 4.80 Å². The fourth-order valence-electron chi connectivity index (χ4n) is 4.78. The second kappa shape index (κ2) is 10.2. The number of aromatic nitrogens is 3. The molecule has 0 aliphatic carbocycles. The summed E-state index contributed by atoms with van der Waals surface area (Å²) in [6.07, 6.45) is 5.13. The Bertz CT molecular complexity index is 1750. The fraction of sp³-hybridized carbons (Fsp3) is 0.241. The van der Waals surface area contributed by atoms with Crippen LogP contribution in [0.1, 0.15) is 49.3 Å². The summed E-state index contributed by atoms with van der Waals surface area (Å²) in [5, 5.41) is 0.567. The van der Waals surface area contributed by atoms with Crippen molar-refractivity contribution in [3.05, 3.63) is 113 Å². The molecule has 0 spiro atoms. The van der Waals surface area contributed by atoms with Gasteiger partial charge in [-0.2, -0.15) is 0 Å². The molecule has 0 N–H and O–H groups in total. The van der Waals surface area contributed by atoms with Crippen LogP contribution in [0.25, 0.3) is 11.8 Å². The normalized spacial score (nSPS) is 15.6. The Kier molecular flexibility index (Phi) is 6.94. The maximum absolute atomic E-state index is 13.9. The molecule has 0 radical (unpaired) electrons. The Hall–Kier alpha value is -3.75. The summed E-state index contributed by atoms with van der Waals surface area (Å²) in [6, 6.07) is 12.4. The Balaban J connectivity index is 1.69. The zero-order valence-electron chi connectivity index (χ0n) is 21.7. The molecule has 0 amide bonds. The number of hydrogen-bond donors (Lipinski definition) is 0. The molecule has 1 aliphatic rings. The number of hydrogen-bond acceptors (Lipinski definition) is 6. The van der Waals surface area contributed by atoms with Crippen LogP contribution in [0, 0.1) is 13.8 Å². The van der Waals surface area contributed by atoms with E-state index in [1.54, 1.807) is 43.7 Å². The second-order valence-electron chi connectivity index (χ2n) is 9.46. The van der Waals surface area contributed by atoms with Gasteiger partial charge < -0.3 is 9.30 Å². The van der Waals surface area contributed by atoms with E-state index in [1.807, 2.05) is 56.5 Å². The Morgan fingerprint density at radius 2 is 1.89 bits per heavy atom. The number of esters is 1. The number of pyridine rings is 1. The third-order valence-electron chi connectivity index (χ3n) is 6.43. The van der Waals surface area contributed by atoms with Crippen LogP contribution in [0.3, 0.4) is 0 Å². The summed E-state index contributed by atoms with van der Waals surface area (Å²) in [5.74, 6) is -0.490. The van der Waals surface area contributed by atoms with Crippen molar-refractivity contribution in [3.8, 4) is 5.69 Å². The number of benzene rings is 1. The van der Waals surface area contributed by atoms with Gasteiger partial charge in [0.25, 0.3) is 5.56 Å². The van der Waals surface area contributed by atoms with E-state index in [1.165, 1.54) is 11.3 Å². The molecule has 0 saturated heterocycles. The largest absolute Gasteiger partial charge is 0.459 e. The minimum Gasteiger partial charge on any atom is -0.459 e. The number of carbonyl (C=O) groups is 1. The van der Waals surface area contributed by atoms with Gasteiger partial charge in [0, 0.05) is 22.6 Å². The van der Waals surface area contributed by atoms with Gasteiger partial charge in [-0.1, -0.05) is 35.1 Å². The smallest absolute Gasteiger partial charge is 0.338 e. The average Bonchev–Trinajstić information content (AvgIpc) is 3.33. The van der Waals surface area contributed by atoms with Crippen LogP contribution in [-0.2, 0) is 9.53 Å². The number of halogens is 1. The van der Waals surface area contributed by atoms with E-state index < -0.39 is 12.0 Å². The molecular weight excluding hydrogens is 520 g/mol. The van der Waals surface area contributed by atoms with E-state index in [9.17, 15) is 9.59 Å². The van der Waals surface area contributed by atoms with Gasteiger partial charge in [-0.3, -0.25) is 14.3 Å². The monoisotopic (exact) mass is 546 g/mol. The third kappa shape index (κ3) is 4.66. The number of carbonyl (C=O) groups excluding carboxylic acids is 1. The molecule has 5 rings (SSSR count). The van der Waals surface area contributed by atoms with Crippen molar-refractivity contribution in [2.45, 2.75) is 46.8 Å². The zero-order valence-corrected chi connectivity index (χ0v) is 23.3. The highest BCUT2D eigenvalue weighted by molar-refractivity contribution is 7.07. The van der Waals surface area contributed by atoms with Gasteiger partial charge in [-0.15, -0.1) is 0 Å². The molecule has 0 saturated carbocycles. The quantitative estimate of drug-likeness (QED) is 0.342. The molecule has 0 bridgehead atoms. The van der Waals surface area contributed by atoms with Crippen molar-refractivity contribution in [1.82, 2.24) is 14.1 Å². The minimum absolute atomic E-state index is 0.220. The molecule has 1 aromatic carbocycles. The Morgan fingerprint density at radius 1 is 1.16 bits per heavy atom. The molecule has 4 aromatic rings. The van der Waals surface area contributed by atoms with E-state index in [0.29, 0.717) is 25.6 Å². The van der Waals surface area contributed by atoms with Crippen LogP contribution in [0.4, 0.5) is 0 Å². The zero-order chi connectivity index (χ0) is 27.1. The second-order valence-corrected chi connectivity index (χ2v) is 10.9. The van der Waals surface area contributed by atoms with E-state index in [4.69, 9.17) is 16.3 Å². The first-order chi connectivity index (χ1) is 18.2. The van der Waals surface area contributed by atoms with Crippen LogP contribution in [0.15, 0.2) is 75.9 Å². The maximum atomic E-state index is 13.9. The third-order valence-corrected chi connectivity index (χ3v) is 7.67. The highest BCUT2D eigenvalue weighted by Gasteiger charge is 2.33. The van der Waals surface area contributed by atoms with Crippen LogP contribution < -0.4 is 14.9 Å². The lowest BCUT2D eigenvalue weighted by Gasteiger charge is -2.25. The summed E-state index contributed by atoms with van der Waals surface area (Å²) in [7, 11) is 0. The Labute approximate surface area is 229 Å². The van der Waals surface area contributed by atoms with Gasteiger partial charge in [0.2, 0.25) is 0 Å². The van der Waals surface area contributed by atoms with E-state index in [2.05, 4.69) is 14.5 Å². The first-order valence-corrected chi connectivity index (χ1v) is 13.4. The summed E-state index contributed by atoms with van der Waals surface area (Å²) in [6.45, 7) is 9.40. The van der Waals surface area contributed by atoms with Crippen molar-refractivity contribution >= 4 is 35.0 Å². The summed E-state index contributed by atoms with van der Waals surface area (Å²) < 4.78 is 9.78. The van der Waals surface area contributed by atoms with Gasteiger partial charge in [0.05, 0.1) is 39.8 Å². The molecule has 9 heteroatoms. The maximum Gasteiger partial charge on any atom is 0.338 e. The van der Waals surface area contributed by atoms with Crippen LogP contribution in [-0.4, -0.2) is 26.2 Å². The molecule has 3 aromatic heterocycles. The average molecular weight is 547 g/mol. The summed E-state index contributed by atoms with van der Waals surface area (Å²) >= 11 is 7.45. The topological polar surface area (TPSA) is 78.5 Å². The fourth-order valence-corrected chi connectivity index (χ4v) is 5.94. The van der Waals surface area contributed by atoms with Crippen molar-refractivity contribution in [2.24, 2.45) is 4.99 Å². The molecule has 1 unspecified atom stereocenters. The minimum atomic E-state index is -0.681. The molecule has 1 aliphatic heterocycles. The SMILES string of the molecule is CC1=C(C(=O)OC(C)C)C(c2ccc(Cl)cc2)n2c(s/c(=C/c3cc(C)n(-c4cccnc4)c3C)c2=O)=N1. The van der Waals surface area contributed by atoms with E-state index >= 15 is 0 Å². The first kappa shape index (κ1) is 25.9. The standard InChI is InChI=1S/C29H27ClN4O3S/c1-16(2)37-28(36)25-18(4)32-29-34(26(25)20-8-10-22(30)11-9-20)27(35)24(38-29)14-21-13-17(3)33(19(21)5)23-7-6-12-31-15-23/h6-16,26H,1-5H3/b24-14+. The van der Waals surface area contributed by atoms with Gasteiger partial charge in [-0.05, 0) is 82.2 Å². The molecule has 38 heavy (non-hydrogen) atoms. The molecule has 7 nitrogen and oxygen atoms in total. The lowest BCUT2D eigenvalue weighted by molar-refractivity contribution is -0.143. The van der Waals surface area contributed by atoms with Crippen molar-refractivity contribution < 1.29 is 9.53 Å². The number of nitrogens with zero attached hydrogens (tertiary/aromatic N) is 4. The van der Waals surface area contributed by atoms with Crippen molar-refractivity contribution in [3.63, 3.8) is 0 Å². The Morgan fingerprint density at radius 3 is 2.55 bits per heavy atom. The molecular formula is C29H27ClN4O3S. The van der Waals surface area contributed by atoms with Crippen molar-refractivity contribution in [2.75, 3.05) is 0 Å². The number of allylic oxidation sites excluding steroid dienone is 1. The number of rotatable bonds is 5. The number of ether oxygens (including phenoxy) is 1. The summed E-state index contributed by atoms with van der Waals surface area (Å²) in [5.41, 5.74) is 5.30. The van der Waals surface area contributed by atoms with Crippen molar-refractivity contribution in [1.29, 1.82) is 0 Å². The van der Waals surface area contributed by atoms with Crippen LogP contribution >= 0.6 is 22.9 Å².